The Balaban J connectivity index is 1.23. The lowest BCUT2D eigenvalue weighted by atomic mass is 9.74. The molecule has 0 bridgehead atoms. The van der Waals surface area contributed by atoms with Crippen LogP contribution in [0, 0.1) is 0 Å². The number of hydrogen-bond donors (Lipinski definition) is 0. The van der Waals surface area contributed by atoms with Gasteiger partial charge in [0.1, 0.15) is 6.04 Å². The Morgan fingerprint density at radius 2 is 1.62 bits per heavy atom. The zero-order valence-electron chi connectivity index (χ0n) is 20.6. The van der Waals surface area contributed by atoms with Crippen LogP contribution in [0.3, 0.4) is 0 Å². The molecule has 34 heavy (non-hydrogen) atoms. The predicted molar refractivity (Wildman–Crippen MR) is 136 cm³/mol. The zero-order valence-corrected chi connectivity index (χ0v) is 20.6. The van der Waals surface area contributed by atoms with Crippen molar-refractivity contribution in [1.82, 2.24) is 9.80 Å². The van der Waals surface area contributed by atoms with Gasteiger partial charge in [-0.05, 0) is 80.8 Å². The van der Waals surface area contributed by atoms with Crippen molar-refractivity contribution in [2.45, 2.75) is 63.8 Å². The summed E-state index contributed by atoms with van der Waals surface area (Å²) in [6.07, 6.45) is 5.88. The van der Waals surface area contributed by atoms with Gasteiger partial charge in [-0.2, -0.15) is 0 Å². The molecule has 2 aromatic carbocycles. The number of nitrogens with zero attached hydrogens (tertiary/aromatic N) is 3. The summed E-state index contributed by atoms with van der Waals surface area (Å²) in [5.41, 5.74) is 5.45. The number of rotatable bonds is 6. The topological polar surface area (TPSA) is 43.9 Å². The fraction of sp³-hybridized carbons (Fsp3) is 0.517. The minimum atomic E-state index is -0.413. The fourth-order valence-electron chi connectivity index (χ4n) is 6.50. The summed E-state index contributed by atoms with van der Waals surface area (Å²) in [6, 6.07) is 16.6. The van der Waals surface area contributed by atoms with Crippen molar-refractivity contribution in [3.63, 3.8) is 0 Å². The Morgan fingerprint density at radius 1 is 0.941 bits per heavy atom. The number of fused-ring (bicyclic) bond motifs is 3. The Morgan fingerprint density at radius 3 is 2.35 bits per heavy atom. The molecule has 2 amide bonds. The lowest BCUT2D eigenvalue weighted by molar-refractivity contribution is -0.134. The van der Waals surface area contributed by atoms with Crippen LogP contribution in [-0.4, -0.2) is 60.4 Å². The summed E-state index contributed by atoms with van der Waals surface area (Å²) < 4.78 is 0. The highest BCUT2D eigenvalue weighted by Crippen LogP contribution is 2.46. The Bertz CT molecular complexity index is 1050. The van der Waals surface area contributed by atoms with Crippen LogP contribution >= 0.6 is 0 Å². The second-order valence-electron chi connectivity index (χ2n) is 10.2. The molecule has 0 N–H and O–H groups in total. The van der Waals surface area contributed by atoms with E-state index in [1.54, 1.807) is 10.5 Å². The molecular weight excluding hydrogens is 422 g/mol. The number of hydrogen-bond acceptors (Lipinski definition) is 3. The number of benzene rings is 2. The average Bonchev–Trinajstić information content (AvgIpc) is 3.44. The van der Waals surface area contributed by atoms with Gasteiger partial charge in [-0.1, -0.05) is 42.5 Å². The maximum atomic E-state index is 13.5. The fourth-order valence-corrected chi connectivity index (χ4v) is 6.50. The number of aryl methyl sites for hydroxylation is 1. The molecule has 5 nitrogen and oxygen atoms in total. The number of likely N-dealkylation sites (N-methyl/N-ethyl adjacent to an activating group) is 1. The highest BCUT2D eigenvalue weighted by Gasteiger charge is 2.42. The van der Waals surface area contributed by atoms with Crippen molar-refractivity contribution in [2.24, 2.45) is 0 Å². The van der Waals surface area contributed by atoms with Crippen molar-refractivity contribution in [1.29, 1.82) is 0 Å². The third kappa shape index (κ3) is 4.04. The van der Waals surface area contributed by atoms with Gasteiger partial charge >= 0.3 is 0 Å². The van der Waals surface area contributed by atoms with E-state index in [1.165, 1.54) is 31.2 Å². The maximum Gasteiger partial charge on any atom is 0.246 e. The van der Waals surface area contributed by atoms with Crippen molar-refractivity contribution in [3.8, 4) is 0 Å². The predicted octanol–water partition coefficient (Wildman–Crippen LogP) is 4.18. The van der Waals surface area contributed by atoms with Gasteiger partial charge in [-0.25, -0.2) is 0 Å². The van der Waals surface area contributed by atoms with Gasteiger partial charge in [-0.15, -0.1) is 0 Å². The molecule has 2 aliphatic heterocycles. The van der Waals surface area contributed by atoms with Crippen molar-refractivity contribution >= 4 is 17.5 Å². The lowest BCUT2D eigenvalue weighted by Crippen LogP contribution is -2.50. The highest BCUT2D eigenvalue weighted by molar-refractivity contribution is 6.03. The van der Waals surface area contributed by atoms with Crippen molar-refractivity contribution in [2.75, 3.05) is 37.6 Å². The monoisotopic (exact) mass is 459 g/mol. The van der Waals surface area contributed by atoms with Crippen LogP contribution < -0.4 is 4.90 Å². The number of para-hydroxylation sites is 1. The first-order valence-electron chi connectivity index (χ1n) is 13.1. The summed E-state index contributed by atoms with van der Waals surface area (Å²) in [4.78, 5) is 32.9. The van der Waals surface area contributed by atoms with E-state index in [9.17, 15) is 9.59 Å². The largest absolute Gasteiger partial charge is 0.341 e. The van der Waals surface area contributed by atoms with E-state index in [-0.39, 0.29) is 11.8 Å². The summed E-state index contributed by atoms with van der Waals surface area (Å²) in [5, 5.41) is 0. The van der Waals surface area contributed by atoms with E-state index in [0.717, 1.165) is 30.9 Å². The Hall–Kier alpha value is -2.66. The summed E-state index contributed by atoms with van der Waals surface area (Å²) >= 11 is 0. The molecule has 180 valence electrons. The normalized spacial score (nSPS) is 20.9. The van der Waals surface area contributed by atoms with Crippen LogP contribution in [0.25, 0.3) is 0 Å². The van der Waals surface area contributed by atoms with Crippen LogP contribution in [0.2, 0.25) is 0 Å². The van der Waals surface area contributed by atoms with E-state index in [0.29, 0.717) is 31.3 Å². The molecule has 3 aliphatic rings. The third-order valence-corrected chi connectivity index (χ3v) is 8.52. The molecule has 0 radical (unpaired) electrons. The first-order valence-corrected chi connectivity index (χ1v) is 13.1. The van der Waals surface area contributed by atoms with E-state index >= 15 is 0 Å². The quantitative estimate of drug-likeness (QED) is 0.651. The second kappa shape index (κ2) is 9.53. The number of carbonyl (C=O) groups excluding carboxylic acids is 2. The molecule has 2 aromatic rings. The Labute approximate surface area is 203 Å². The van der Waals surface area contributed by atoms with Crippen molar-refractivity contribution < 1.29 is 9.59 Å². The van der Waals surface area contributed by atoms with Crippen LogP contribution in [0.15, 0.2) is 48.5 Å². The molecule has 1 fully saturated rings. The SMILES string of the molecule is CCN(CC)C(=O)[C@@H]1Cc2ccccc2N1C(=O)CCN1CCC2(CCc3ccccc32)CC1. The molecule has 0 aromatic heterocycles. The van der Waals surface area contributed by atoms with Crippen LogP contribution in [0.1, 0.15) is 56.2 Å². The zero-order chi connectivity index (χ0) is 23.7. The third-order valence-electron chi connectivity index (χ3n) is 8.52. The standard InChI is InChI=1S/C29H37N3O2/c1-3-31(4-2)28(34)26-21-23-10-6-8-12-25(23)32(26)27(33)14-18-30-19-16-29(17-20-30)15-13-22-9-5-7-11-24(22)29/h5-12,26H,3-4,13-21H2,1-2H3/t26-/m0/s1. The number of likely N-dealkylation sites (tertiary alicyclic amines) is 1. The van der Waals surface area contributed by atoms with E-state index in [1.807, 2.05) is 36.9 Å². The second-order valence-corrected chi connectivity index (χ2v) is 10.2. The van der Waals surface area contributed by atoms with Gasteiger partial charge in [0, 0.05) is 38.2 Å². The van der Waals surface area contributed by atoms with Gasteiger partial charge in [0.05, 0.1) is 0 Å². The van der Waals surface area contributed by atoms with Gasteiger partial charge in [0.25, 0.3) is 0 Å². The lowest BCUT2D eigenvalue weighted by Gasteiger charge is -2.40. The molecule has 5 heteroatoms. The van der Waals surface area contributed by atoms with Crippen LogP contribution in [-0.2, 0) is 27.8 Å². The van der Waals surface area contributed by atoms with Gasteiger partial charge < -0.3 is 9.80 Å². The number of amides is 2. The van der Waals surface area contributed by atoms with Crippen molar-refractivity contribution in [3.05, 3.63) is 65.2 Å². The average molecular weight is 460 g/mol. The Kier molecular flexibility index (Phi) is 6.48. The van der Waals surface area contributed by atoms with E-state index < -0.39 is 6.04 Å². The molecule has 1 spiro atoms. The van der Waals surface area contributed by atoms with Crippen LogP contribution in [0.5, 0.6) is 0 Å². The van der Waals surface area contributed by atoms with Gasteiger partial charge in [0.2, 0.25) is 11.8 Å². The first-order chi connectivity index (χ1) is 16.6. The molecule has 2 heterocycles. The molecule has 1 aliphatic carbocycles. The smallest absolute Gasteiger partial charge is 0.246 e. The summed E-state index contributed by atoms with van der Waals surface area (Å²) in [5.74, 6) is 0.135. The summed E-state index contributed by atoms with van der Waals surface area (Å²) in [7, 11) is 0. The molecule has 1 atom stereocenters. The van der Waals surface area contributed by atoms with Gasteiger partial charge in [-0.3, -0.25) is 14.5 Å². The molecular formula is C29H37N3O2. The molecule has 5 rings (SSSR count). The molecule has 1 saturated heterocycles. The maximum absolute atomic E-state index is 13.5. The number of piperidine rings is 1. The van der Waals surface area contributed by atoms with E-state index in [2.05, 4.69) is 35.2 Å². The minimum absolute atomic E-state index is 0.0642. The summed E-state index contributed by atoms with van der Waals surface area (Å²) in [6.45, 7) is 8.19. The number of anilines is 1. The van der Waals surface area contributed by atoms with Gasteiger partial charge in [0.15, 0.2) is 0 Å². The molecule has 0 saturated carbocycles. The number of carbonyl (C=O) groups is 2. The molecule has 0 unspecified atom stereocenters. The first kappa shape index (κ1) is 23.1. The van der Waals surface area contributed by atoms with Crippen LogP contribution in [0.4, 0.5) is 5.69 Å². The minimum Gasteiger partial charge on any atom is -0.341 e. The van der Waals surface area contributed by atoms with E-state index in [4.69, 9.17) is 0 Å². The highest BCUT2D eigenvalue weighted by atomic mass is 16.2.